The molecule has 0 aliphatic heterocycles. The van der Waals surface area contributed by atoms with Gasteiger partial charge in [-0.25, -0.2) is 0 Å². The second kappa shape index (κ2) is 10.4. The van der Waals surface area contributed by atoms with Crippen LogP contribution in [0, 0.1) is 5.92 Å². The van der Waals surface area contributed by atoms with Crippen LogP contribution in [0.2, 0.25) is 0 Å². The van der Waals surface area contributed by atoms with E-state index in [2.05, 4.69) is 38.2 Å². The Morgan fingerprint density at radius 1 is 1.27 bits per heavy atom. The highest BCUT2D eigenvalue weighted by Gasteiger charge is 1.99. The third-order valence-corrected chi connectivity index (χ3v) is 2.34. The molecule has 0 radical (unpaired) electrons. The molecule has 0 aliphatic carbocycles. The molecule has 0 aromatic rings. The molecule has 0 fully saturated rings. The minimum absolute atomic E-state index is 0.705. The van der Waals surface area contributed by atoms with Gasteiger partial charge in [-0.3, -0.25) is 0 Å². The molecule has 0 amide bonds. The first-order valence-corrected chi connectivity index (χ1v) is 6.10. The zero-order valence-electron chi connectivity index (χ0n) is 10.9. The Balaban J connectivity index is 3.04. The van der Waals surface area contributed by atoms with E-state index in [1.54, 1.807) is 0 Å². The zero-order valence-corrected chi connectivity index (χ0v) is 10.9. The van der Waals surface area contributed by atoms with E-state index in [9.17, 15) is 0 Å². The van der Waals surface area contributed by atoms with Gasteiger partial charge >= 0.3 is 0 Å². The molecule has 3 nitrogen and oxygen atoms in total. The molecule has 0 aromatic carbocycles. The maximum atomic E-state index is 5.58. The van der Waals surface area contributed by atoms with Crippen molar-refractivity contribution >= 4 is 0 Å². The number of nitrogens with one attached hydrogen (secondary N) is 1. The molecule has 1 atom stereocenters. The molecule has 0 saturated carbocycles. The van der Waals surface area contributed by atoms with Gasteiger partial charge in [-0.05, 0) is 26.4 Å². The smallest absolute Gasteiger partial charge is 0.0591 e. The van der Waals surface area contributed by atoms with Crippen molar-refractivity contribution in [2.75, 3.05) is 46.9 Å². The predicted molar refractivity (Wildman–Crippen MR) is 66.3 cm³/mol. The summed E-state index contributed by atoms with van der Waals surface area (Å²) in [5.41, 5.74) is 0. The highest BCUT2D eigenvalue weighted by molar-refractivity contribution is 4.52. The van der Waals surface area contributed by atoms with Crippen LogP contribution in [-0.4, -0.2) is 51.8 Å². The van der Waals surface area contributed by atoms with E-state index in [0.29, 0.717) is 5.92 Å². The van der Waals surface area contributed by atoms with Crippen LogP contribution in [-0.2, 0) is 4.74 Å². The molecule has 0 rings (SSSR count). The van der Waals surface area contributed by atoms with E-state index >= 15 is 0 Å². The van der Waals surface area contributed by atoms with Crippen LogP contribution in [0.3, 0.4) is 0 Å². The molecule has 0 aromatic heterocycles. The van der Waals surface area contributed by atoms with Gasteiger partial charge in [0.2, 0.25) is 0 Å². The second-order valence-corrected chi connectivity index (χ2v) is 4.52. The van der Waals surface area contributed by atoms with E-state index in [-0.39, 0.29) is 0 Å². The largest absolute Gasteiger partial charge is 0.380 e. The van der Waals surface area contributed by atoms with Crippen LogP contribution < -0.4 is 5.32 Å². The molecule has 3 heteroatoms. The summed E-state index contributed by atoms with van der Waals surface area (Å²) in [6, 6.07) is 0. The minimum atomic E-state index is 0.705. The summed E-state index contributed by atoms with van der Waals surface area (Å²) in [5, 5.41) is 3.36. The van der Waals surface area contributed by atoms with Gasteiger partial charge in [0.05, 0.1) is 6.61 Å². The lowest BCUT2D eigenvalue weighted by molar-refractivity contribution is 0.103. The van der Waals surface area contributed by atoms with Crippen molar-refractivity contribution < 1.29 is 4.74 Å². The van der Waals surface area contributed by atoms with Crippen LogP contribution >= 0.6 is 0 Å². The van der Waals surface area contributed by atoms with Crippen molar-refractivity contribution in [2.45, 2.75) is 26.7 Å². The Hall–Kier alpha value is -0.120. The van der Waals surface area contributed by atoms with E-state index < -0.39 is 0 Å². The fraction of sp³-hybridized carbons (Fsp3) is 1.00. The molecule has 0 saturated heterocycles. The summed E-state index contributed by atoms with van der Waals surface area (Å²) in [4.78, 5) is 2.18. The predicted octanol–water partition coefficient (Wildman–Crippen LogP) is 1.59. The molecular formula is C12H28N2O. The average molecular weight is 216 g/mol. The van der Waals surface area contributed by atoms with Gasteiger partial charge in [0.1, 0.15) is 0 Å². The SMILES string of the molecule is CCCC(C)COCCNCCN(C)C. The Kier molecular flexibility index (Phi) is 10.3. The van der Waals surface area contributed by atoms with Gasteiger partial charge in [-0.1, -0.05) is 20.3 Å². The highest BCUT2D eigenvalue weighted by Crippen LogP contribution is 2.04. The van der Waals surface area contributed by atoms with Crippen LogP contribution in [0.4, 0.5) is 0 Å². The fourth-order valence-corrected chi connectivity index (χ4v) is 1.43. The molecule has 0 bridgehead atoms. The van der Waals surface area contributed by atoms with E-state index in [4.69, 9.17) is 4.74 Å². The topological polar surface area (TPSA) is 24.5 Å². The maximum Gasteiger partial charge on any atom is 0.0591 e. The summed E-state index contributed by atoms with van der Waals surface area (Å²) in [6.45, 7) is 9.31. The third kappa shape index (κ3) is 11.8. The first kappa shape index (κ1) is 14.9. The Morgan fingerprint density at radius 2 is 2.00 bits per heavy atom. The molecule has 0 aliphatic rings. The number of rotatable bonds is 10. The quantitative estimate of drug-likeness (QED) is 0.561. The molecule has 0 heterocycles. The minimum Gasteiger partial charge on any atom is -0.380 e. The summed E-state index contributed by atoms with van der Waals surface area (Å²) >= 11 is 0. The summed E-state index contributed by atoms with van der Waals surface area (Å²) in [6.07, 6.45) is 2.53. The molecule has 92 valence electrons. The fourth-order valence-electron chi connectivity index (χ4n) is 1.43. The van der Waals surface area contributed by atoms with Gasteiger partial charge in [-0.2, -0.15) is 0 Å². The Labute approximate surface area is 95.2 Å². The van der Waals surface area contributed by atoms with Crippen LogP contribution in [0.25, 0.3) is 0 Å². The number of likely N-dealkylation sites (N-methyl/N-ethyl adjacent to an activating group) is 1. The molecule has 1 unspecified atom stereocenters. The van der Waals surface area contributed by atoms with Crippen LogP contribution in [0.5, 0.6) is 0 Å². The van der Waals surface area contributed by atoms with Crippen molar-refractivity contribution in [2.24, 2.45) is 5.92 Å². The third-order valence-electron chi connectivity index (χ3n) is 2.34. The van der Waals surface area contributed by atoms with Gasteiger partial charge in [0.15, 0.2) is 0 Å². The maximum absolute atomic E-state index is 5.58. The van der Waals surface area contributed by atoms with Gasteiger partial charge in [0.25, 0.3) is 0 Å². The van der Waals surface area contributed by atoms with Crippen molar-refractivity contribution in [3.63, 3.8) is 0 Å². The first-order chi connectivity index (χ1) is 7.16. The van der Waals surface area contributed by atoms with Gasteiger partial charge in [0, 0.05) is 26.2 Å². The highest BCUT2D eigenvalue weighted by atomic mass is 16.5. The summed E-state index contributed by atoms with van der Waals surface area (Å²) in [7, 11) is 4.18. The van der Waals surface area contributed by atoms with Crippen molar-refractivity contribution in [3.8, 4) is 0 Å². The van der Waals surface area contributed by atoms with Crippen LogP contribution in [0.15, 0.2) is 0 Å². The molecule has 1 N–H and O–H groups in total. The van der Waals surface area contributed by atoms with Crippen molar-refractivity contribution in [1.82, 2.24) is 10.2 Å². The second-order valence-electron chi connectivity index (χ2n) is 4.52. The first-order valence-electron chi connectivity index (χ1n) is 6.10. The molecule has 15 heavy (non-hydrogen) atoms. The zero-order chi connectivity index (χ0) is 11.5. The Morgan fingerprint density at radius 3 is 2.60 bits per heavy atom. The van der Waals surface area contributed by atoms with E-state index in [0.717, 1.165) is 32.8 Å². The van der Waals surface area contributed by atoms with E-state index in [1.165, 1.54) is 12.8 Å². The van der Waals surface area contributed by atoms with Crippen LogP contribution in [0.1, 0.15) is 26.7 Å². The summed E-state index contributed by atoms with van der Waals surface area (Å²) in [5.74, 6) is 0.705. The monoisotopic (exact) mass is 216 g/mol. The van der Waals surface area contributed by atoms with E-state index in [1.807, 2.05) is 0 Å². The molecule has 0 spiro atoms. The lowest BCUT2D eigenvalue weighted by Gasteiger charge is -2.12. The number of ether oxygens (including phenoxy) is 1. The number of hydrogen-bond acceptors (Lipinski definition) is 3. The number of hydrogen-bond donors (Lipinski definition) is 1. The standard InChI is InChI=1S/C12H28N2O/c1-5-6-12(2)11-15-10-8-13-7-9-14(3)4/h12-13H,5-11H2,1-4H3. The number of nitrogens with zero attached hydrogens (tertiary/aromatic N) is 1. The Bertz CT molecular complexity index is 129. The average Bonchev–Trinajstić information content (AvgIpc) is 2.16. The van der Waals surface area contributed by atoms with Crippen molar-refractivity contribution in [1.29, 1.82) is 0 Å². The van der Waals surface area contributed by atoms with Crippen molar-refractivity contribution in [3.05, 3.63) is 0 Å². The van der Waals surface area contributed by atoms with Gasteiger partial charge in [-0.15, -0.1) is 0 Å². The lowest BCUT2D eigenvalue weighted by atomic mass is 10.1. The summed E-state index contributed by atoms with van der Waals surface area (Å²) < 4.78 is 5.58. The van der Waals surface area contributed by atoms with Gasteiger partial charge < -0.3 is 15.0 Å². The normalized spacial score (nSPS) is 13.4. The molecular weight excluding hydrogens is 188 g/mol. The lowest BCUT2D eigenvalue weighted by Crippen LogP contribution is -2.29.